The van der Waals surface area contributed by atoms with Crippen molar-refractivity contribution >= 4 is 23.2 Å². The third-order valence-electron chi connectivity index (χ3n) is 3.74. The number of rotatable bonds is 7. The zero-order valence-corrected chi connectivity index (χ0v) is 14.4. The fourth-order valence-corrected chi connectivity index (χ4v) is 3.15. The Morgan fingerprint density at radius 1 is 1.36 bits per heavy atom. The molecule has 120 valence electrons. The first-order valence-electron chi connectivity index (χ1n) is 7.46. The van der Waals surface area contributed by atoms with E-state index in [-0.39, 0.29) is 12.5 Å². The van der Waals surface area contributed by atoms with Crippen molar-refractivity contribution in [3.05, 3.63) is 21.4 Å². The molecule has 4 nitrogen and oxygen atoms in total. The van der Waals surface area contributed by atoms with Gasteiger partial charge >= 0.3 is 5.97 Å². The van der Waals surface area contributed by atoms with Crippen LogP contribution in [0.2, 0.25) is 0 Å². The predicted octanol–water partition coefficient (Wildman–Crippen LogP) is 3.08. The molecule has 0 saturated carbocycles. The van der Waals surface area contributed by atoms with Gasteiger partial charge in [-0.25, -0.2) is 4.79 Å². The van der Waals surface area contributed by atoms with Crippen LogP contribution in [0.3, 0.4) is 0 Å². The van der Waals surface area contributed by atoms with Crippen LogP contribution in [0.15, 0.2) is 6.07 Å². The van der Waals surface area contributed by atoms with E-state index in [9.17, 15) is 9.59 Å². The van der Waals surface area contributed by atoms with Crippen LogP contribution in [-0.4, -0.2) is 24.0 Å². The highest BCUT2D eigenvalue weighted by Crippen LogP contribution is 2.23. The fraction of sp³-hybridized carbons (Fsp3) is 0.529. The summed E-state index contributed by atoms with van der Waals surface area (Å²) in [5.74, 6) is 1.77. The van der Waals surface area contributed by atoms with E-state index in [2.05, 4.69) is 11.2 Å². The summed E-state index contributed by atoms with van der Waals surface area (Å²) >= 11 is 1.41. The molecule has 0 fully saturated rings. The number of carbonyl (C=O) groups excluding carboxylic acids is 2. The van der Waals surface area contributed by atoms with E-state index in [0.717, 1.165) is 16.9 Å². The van der Waals surface area contributed by atoms with E-state index in [1.54, 1.807) is 6.07 Å². The maximum absolute atomic E-state index is 12.0. The molecule has 1 aromatic rings. The molecule has 0 bridgehead atoms. The van der Waals surface area contributed by atoms with Crippen LogP contribution in [0.4, 0.5) is 0 Å². The van der Waals surface area contributed by atoms with Gasteiger partial charge < -0.3 is 10.1 Å². The van der Waals surface area contributed by atoms with E-state index in [4.69, 9.17) is 11.2 Å². The lowest BCUT2D eigenvalue weighted by Crippen LogP contribution is -2.48. The number of hydrogen-bond acceptors (Lipinski definition) is 4. The van der Waals surface area contributed by atoms with Gasteiger partial charge in [-0.15, -0.1) is 17.8 Å². The van der Waals surface area contributed by atoms with Crippen LogP contribution < -0.4 is 5.32 Å². The molecule has 0 aromatic carbocycles. The Morgan fingerprint density at radius 2 is 2.00 bits per heavy atom. The normalized spacial score (nSPS) is 10.9. The highest BCUT2D eigenvalue weighted by atomic mass is 32.1. The summed E-state index contributed by atoms with van der Waals surface area (Å²) in [6.45, 7) is 7.51. The molecule has 0 radical (unpaired) electrons. The molecule has 0 aliphatic carbocycles. The minimum atomic E-state index is -0.668. The maximum atomic E-state index is 12.0. The Morgan fingerprint density at radius 3 is 2.45 bits per heavy atom. The van der Waals surface area contributed by atoms with Gasteiger partial charge in [-0.1, -0.05) is 26.7 Å². The topological polar surface area (TPSA) is 55.4 Å². The van der Waals surface area contributed by atoms with Gasteiger partial charge in [-0.05, 0) is 37.8 Å². The quantitative estimate of drug-likeness (QED) is 0.620. The predicted molar refractivity (Wildman–Crippen MR) is 89.0 cm³/mol. The number of aryl methyl sites for hydroxylation is 2. The number of esters is 1. The molecule has 1 amide bonds. The molecule has 1 heterocycles. The standard InChI is InChI=1S/C17H23NO3S/c1-6-13-12(5)10-14(22-13)16(20)21-11-15(19)18-17(7-2,8-3)9-4/h2,10H,6,8-9,11H2,1,3-5H3,(H,18,19). The first-order valence-corrected chi connectivity index (χ1v) is 8.28. The second-order valence-electron chi connectivity index (χ2n) is 5.13. The van der Waals surface area contributed by atoms with Gasteiger partial charge in [-0.2, -0.15) is 0 Å². The molecular formula is C17H23NO3S. The van der Waals surface area contributed by atoms with Crippen molar-refractivity contribution in [1.29, 1.82) is 0 Å². The summed E-state index contributed by atoms with van der Waals surface area (Å²) in [7, 11) is 0. The van der Waals surface area contributed by atoms with E-state index in [1.807, 2.05) is 27.7 Å². The van der Waals surface area contributed by atoms with Crippen molar-refractivity contribution in [2.24, 2.45) is 0 Å². The molecule has 0 saturated heterocycles. The van der Waals surface area contributed by atoms with Gasteiger partial charge in [0.1, 0.15) is 10.4 Å². The first-order chi connectivity index (χ1) is 10.4. The van der Waals surface area contributed by atoms with E-state index in [1.165, 1.54) is 11.3 Å². The lowest BCUT2D eigenvalue weighted by Gasteiger charge is -2.26. The molecule has 1 aromatic heterocycles. The summed E-state index contributed by atoms with van der Waals surface area (Å²) in [5, 5.41) is 2.77. The average Bonchev–Trinajstić information content (AvgIpc) is 2.91. The minimum absolute atomic E-state index is 0.319. The number of ether oxygens (including phenoxy) is 1. The Labute approximate surface area is 136 Å². The molecule has 22 heavy (non-hydrogen) atoms. The van der Waals surface area contributed by atoms with Crippen molar-refractivity contribution in [2.75, 3.05) is 6.61 Å². The number of hydrogen-bond donors (Lipinski definition) is 1. The number of amides is 1. The minimum Gasteiger partial charge on any atom is -0.451 e. The Hall–Kier alpha value is -1.80. The summed E-state index contributed by atoms with van der Waals surface area (Å²) < 4.78 is 5.07. The number of carbonyl (C=O) groups is 2. The third kappa shape index (κ3) is 4.35. The van der Waals surface area contributed by atoms with Crippen molar-refractivity contribution < 1.29 is 14.3 Å². The molecule has 1 rings (SSSR count). The van der Waals surface area contributed by atoms with E-state index < -0.39 is 11.5 Å². The van der Waals surface area contributed by atoms with Crippen LogP contribution in [0.5, 0.6) is 0 Å². The highest BCUT2D eigenvalue weighted by molar-refractivity contribution is 7.14. The largest absolute Gasteiger partial charge is 0.451 e. The molecular weight excluding hydrogens is 298 g/mol. The zero-order chi connectivity index (χ0) is 16.8. The van der Waals surface area contributed by atoms with E-state index >= 15 is 0 Å². The third-order valence-corrected chi connectivity index (χ3v) is 5.10. The fourth-order valence-electron chi connectivity index (χ4n) is 2.14. The summed E-state index contributed by atoms with van der Waals surface area (Å²) in [5.41, 5.74) is 0.408. The second-order valence-corrected chi connectivity index (χ2v) is 6.27. The monoisotopic (exact) mass is 321 g/mol. The zero-order valence-electron chi connectivity index (χ0n) is 13.6. The summed E-state index contributed by atoms with van der Waals surface area (Å²) in [4.78, 5) is 25.6. The van der Waals surface area contributed by atoms with Crippen molar-refractivity contribution in [2.45, 2.75) is 52.5 Å². The number of terminal acetylenes is 1. The van der Waals surface area contributed by atoms with Gasteiger partial charge in [0, 0.05) is 4.88 Å². The number of nitrogens with one attached hydrogen (secondary N) is 1. The van der Waals surface area contributed by atoms with Gasteiger partial charge in [-0.3, -0.25) is 4.79 Å². The lowest BCUT2D eigenvalue weighted by molar-refractivity contribution is -0.125. The van der Waals surface area contributed by atoms with Crippen molar-refractivity contribution in [3.63, 3.8) is 0 Å². The summed E-state index contributed by atoms with van der Waals surface area (Å²) in [6, 6.07) is 1.80. The second kappa shape index (κ2) is 8.00. The molecule has 1 N–H and O–H groups in total. The lowest BCUT2D eigenvalue weighted by atomic mass is 9.94. The van der Waals surface area contributed by atoms with Gasteiger partial charge in [0.2, 0.25) is 0 Å². The van der Waals surface area contributed by atoms with E-state index in [0.29, 0.717) is 17.7 Å². The molecule has 5 heteroatoms. The Bertz CT molecular complexity index is 579. The van der Waals surface area contributed by atoms with Crippen LogP contribution >= 0.6 is 11.3 Å². The Kier molecular flexibility index (Phi) is 6.63. The Balaban J connectivity index is 2.60. The molecule has 0 spiro atoms. The van der Waals surface area contributed by atoms with Crippen LogP contribution in [0.25, 0.3) is 0 Å². The van der Waals surface area contributed by atoms with Crippen molar-refractivity contribution in [1.82, 2.24) is 5.32 Å². The van der Waals surface area contributed by atoms with Crippen LogP contribution in [-0.2, 0) is 16.0 Å². The van der Waals surface area contributed by atoms with Gasteiger partial charge in [0.05, 0.1) is 0 Å². The number of thiophene rings is 1. The molecule has 0 atom stereocenters. The highest BCUT2D eigenvalue weighted by Gasteiger charge is 2.26. The molecule has 0 unspecified atom stereocenters. The van der Waals surface area contributed by atoms with Crippen LogP contribution in [0, 0.1) is 19.3 Å². The smallest absolute Gasteiger partial charge is 0.348 e. The average molecular weight is 321 g/mol. The SMILES string of the molecule is C#CC(CC)(CC)NC(=O)COC(=O)c1cc(C)c(CC)s1. The van der Waals surface area contributed by atoms with Gasteiger partial charge in [0.25, 0.3) is 5.91 Å². The maximum Gasteiger partial charge on any atom is 0.348 e. The molecule has 0 aliphatic rings. The molecule has 0 aliphatic heterocycles. The van der Waals surface area contributed by atoms with Crippen LogP contribution in [0.1, 0.15) is 53.7 Å². The van der Waals surface area contributed by atoms with Gasteiger partial charge in [0.15, 0.2) is 6.61 Å². The first kappa shape index (κ1) is 18.2. The summed E-state index contributed by atoms with van der Waals surface area (Å²) in [6.07, 6.45) is 7.62. The van der Waals surface area contributed by atoms with Crippen molar-refractivity contribution in [3.8, 4) is 12.3 Å².